The molecule has 3 aromatic carbocycles. The highest BCUT2D eigenvalue weighted by Crippen LogP contribution is 2.24. The Labute approximate surface area is 228 Å². The minimum absolute atomic E-state index is 0.0399. The third-order valence-corrected chi connectivity index (χ3v) is 7.10. The highest BCUT2D eigenvalue weighted by Gasteiger charge is 2.17. The molecule has 0 fully saturated rings. The first-order valence-electron chi connectivity index (χ1n) is 11.9. The summed E-state index contributed by atoms with van der Waals surface area (Å²) in [4.78, 5) is 32.6. The third kappa shape index (κ3) is 5.94. The summed E-state index contributed by atoms with van der Waals surface area (Å²) in [6.07, 6.45) is 0. The number of ether oxygens (including phenoxy) is 2. The SMILES string of the molecule is COc1ccc(-c2nc3ccc(C(=O)OCC(=O)Nc4ccc(S(=O)(=O)Nc5cc(C)on5)cc4)cc3[nH]2)cc1. The van der Waals surface area contributed by atoms with Gasteiger partial charge < -0.3 is 24.3 Å². The third-order valence-electron chi connectivity index (χ3n) is 5.73. The number of hydrogen-bond acceptors (Lipinski definition) is 9. The van der Waals surface area contributed by atoms with Crippen molar-refractivity contribution in [3.05, 3.63) is 84.1 Å². The molecule has 0 radical (unpaired) electrons. The van der Waals surface area contributed by atoms with Crippen molar-refractivity contribution in [1.82, 2.24) is 15.1 Å². The van der Waals surface area contributed by atoms with Gasteiger partial charge in [-0.3, -0.25) is 9.52 Å². The number of anilines is 2. The lowest BCUT2D eigenvalue weighted by atomic mass is 10.2. The summed E-state index contributed by atoms with van der Waals surface area (Å²) in [5.41, 5.74) is 2.71. The summed E-state index contributed by atoms with van der Waals surface area (Å²) in [5, 5.41) is 6.16. The van der Waals surface area contributed by atoms with Gasteiger partial charge in [0.15, 0.2) is 12.4 Å². The van der Waals surface area contributed by atoms with E-state index in [1.54, 1.807) is 32.2 Å². The fourth-order valence-corrected chi connectivity index (χ4v) is 4.75. The minimum atomic E-state index is -3.90. The quantitative estimate of drug-likeness (QED) is 0.224. The van der Waals surface area contributed by atoms with Crippen molar-refractivity contribution < 1.29 is 32.0 Å². The fraction of sp³-hybridized carbons (Fsp3) is 0.111. The number of aryl methyl sites for hydroxylation is 1. The van der Waals surface area contributed by atoms with Crippen LogP contribution in [0.25, 0.3) is 22.4 Å². The van der Waals surface area contributed by atoms with E-state index in [4.69, 9.17) is 14.0 Å². The summed E-state index contributed by atoms with van der Waals surface area (Å²) in [5.74, 6) is 0.590. The van der Waals surface area contributed by atoms with Gasteiger partial charge in [0.2, 0.25) is 0 Å². The number of imidazole rings is 1. The van der Waals surface area contributed by atoms with Gasteiger partial charge in [-0.25, -0.2) is 18.2 Å². The van der Waals surface area contributed by atoms with E-state index in [9.17, 15) is 18.0 Å². The summed E-state index contributed by atoms with van der Waals surface area (Å²) < 4.78 is 42.5. The predicted octanol–water partition coefficient (Wildman–Crippen LogP) is 4.13. The van der Waals surface area contributed by atoms with Crippen LogP contribution in [0.4, 0.5) is 11.5 Å². The number of aromatic amines is 1. The molecule has 0 aliphatic rings. The normalized spacial score (nSPS) is 11.2. The molecule has 13 heteroatoms. The zero-order valence-corrected chi connectivity index (χ0v) is 22.1. The van der Waals surface area contributed by atoms with E-state index in [1.807, 2.05) is 24.3 Å². The van der Waals surface area contributed by atoms with Gasteiger partial charge in [0.05, 0.1) is 28.6 Å². The number of methoxy groups -OCH3 is 1. The van der Waals surface area contributed by atoms with Crippen LogP contribution in [-0.4, -0.2) is 49.1 Å². The van der Waals surface area contributed by atoms with Gasteiger partial charge in [-0.2, -0.15) is 0 Å². The van der Waals surface area contributed by atoms with Crippen LogP contribution in [-0.2, 0) is 19.6 Å². The second-order valence-corrected chi connectivity index (χ2v) is 10.3. The average Bonchev–Trinajstić information content (AvgIpc) is 3.56. The maximum absolute atomic E-state index is 12.6. The molecule has 2 aromatic heterocycles. The molecule has 0 unspecified atom stereocenters. The highest BCUT2D eigenvalue weighted by atomic mass is 32.2. The molecule has 40 heavy (non-hydrogen) atoms. The second kappa shape index (κ2) is 10.9. The van der Waals surface area contributed by atoms with Gasteiger partial charge in [-0.1, -0.05) is 5.16 Å². The topological polar surface area (TPSA) is 166 Å². The van der Waals surface area contributed by atoms with Crippen molar-refractivity contribution in [2.75, 3.05) is 23.8 Å². The lowest BCUT2D eigenvalue weighted by Gasteiger charge is -2.08. The molecule has 204 valence electrons. The molecule has 0 bridgehead atoms. The van der Waals surface area contributed by atoms with Crippen molar-refractivity contribution in [2.24, 2.45) is 0 Å². The van der Waals surface area contributed by atoms with Gasteiger partial charge in [0, 0.05) is 17.3 Å². The number of hydrogen-bond donors (Lipinski definition) is 3. The van der Waals surface area contributed by atoms with Crippen molar-refractivity contribution >= 4 is 44.4 Å². The maximum atomic E-state index is 12.6. The number of carbonyl (C=O) groups excluding carboxylic acids is 2. The van der Waals surface area contributed by atoms with E-state index in [-0.39, 0.29) is 16.3 Å². The number of benzene rings is 3. The molecule has 0 aliphatic carbocycles. The number of esters is 1. The first-order valence-corrected chi connectivity index (χ1v) is 13.4. The van der Waals surface area contributed by atoms with Crippen LogP contribution < -0.4 is 14.8 Å². The number of H-pyrrole nitrogens is 1. The Morgan fingerprint density at radius 3 is 2.42 bits per heavy atom. The molecule has 5 rings (SSSR count). The van der Waals surface area contributed by atoms with Gasteiger partial charge in [0.1, 0.15) is 17.3 Å². The fourth-order valence-electron chi connectivity index (χ4n) is 3.76. The number of fused-ring (bicyclic) bond motifs is 1. The Kier molecular flexibility index (Phi) is 7.21. The Morgan fingerprint density at radius 2 is 1.75 bits per heavy atom. The minimum Gasteiger partial charge on any atom is -0.497 e. The number of nitrogens with zero attached hydrogens (tertiary/aromatic N) is 2. The molecule has 0 aliphatic heterocycles. The Bertz CT molecular complexity index is 1790. The van der Waals surface area contributed by atoms with Crippen molar-refractivity contribution in [2.45, 2.75) is 11.8 Å². The zero-order chi connectivity index (χ0) is 28.3. The van der Waals surface area contributed by atoms with Crippen LogP contribution in [0.1, 0.15) is 16.1 Å². The zero-order valence-electron chi connectivity index (χ0n) is 21.3. The number of nitrogens with one attached hydrogen (secondary N) is 3. The van der Waals surface area contributed by atoms with Gasteiger partial charge in [-0.15, -0.1) is 0 Å². The molecular formula is C27H23N5O7S. The monoisotopic (exact) mass is 561 g/mol. The van der Waals surface area contributed by atoms with Crippen molar-refractivity contribution in [1.29, 1.82) is 0 Å². The molecule has 12 nitrogen and oxygen atoms in total. The Morgan fingerprint density at radius 1 is 1.00 bits per heavy atom. The Balaban J connectivity index is 1.17. The van der Waals surface area contributed by atoms with Crippen LogP contribution >= 0.6 is 0 Å². The van der Waals surface area contributed by atoms with Crippen LogP contribution in [0.15, 0.2) is 82.2 Å². The van der Waals surface area contributed by atoms with E-state index in [1.165, 1.54) is 30.3 Å². The standard InChI is InChI=1S/C27H23N5O7S/c1-16-13-24(31-39-16)32-40(35,36)21-10-6-19(7-11-21)28-25(33)15-38-27(34)18-5-12-22-23(14-18)30-26(29-22)17-3-8-20(37-2)9-4-17/h3-14H,15H2,1-2H3,(H,28,33)(H,29,30)(H,31,32). The first-order chi connectivity index (χ1) is 19.2. The van der Waals surface area contributed by atoms with Crippen molar-refractivity contribution in [3.8, 4) is 17.1 Å². The van der Waals surface area contributed by atoms with Crippen LogP contribution in [0.2, 0.25) is 0 Å². The van der Waals surface area contributed by atoms with Gasteiger partial charge >= 0.3 is 5.97 Å². The lowest BCUT2D eigenvalue weighted by Crippen LogP contribution is -2.21. The maximum Gasteiger partial charge on any atom is 0.338 e. The summed E-state index contributed by atoms with van der Waals surface area (Å²) >= 11 is 0. The molecule has 5 aromatic rings. The summed E-state index contributed by atoms with van der Waals surface area (Å²) in [6.45, 7) is 1.10. The number of carbonyl (C=O) groups is 2. The molecule has 0 spiro atoms. The van der Waals surface area contributed by atoms with E-state index in [0.717, 1.165) is 11.3 Å². The molecule has 0 saturated heterocycles. The Hall–Kier alpha value is -5.17. The van der Waals surface area contributed by atoms with Crippen molar-refractivity contribution in [3.63, 3.8) is 0 Å². The molecule has 0 atom stereocenters. The van der Waals surface area contributed by atoms with E-state index in [2.05, 4.69) is 25.2 Å². The lowest BCUT2D eigenvalue weighted by molar-refractivity contribution is -0.119. The predicted molar refractivity (Wildman–Crippen MR) is 145 cm³/mol. The van der Waals surface area contributed by atoms with Crippen LogP contribution in [0.3, 0.4) is 0 Å². The highest BCUT2D eigenvalue weighted by molar-refractivity contribution is 7.92. The number of amides is 1. The number of sulfonamides is 1. The number of aromatic nitrogens is 3. The molecule has 3 N–H and O–H groups in total. The van der Waals surface area contributed by atoms with Gasteiger partial charge in [0.25, 0.3) is 15.9 Å². The average molecular weight is 562 g/mol. The number of rotatable bonds is 9. The van der Waals surface area contributed by atoms with Crippen LogP contribution in [0.5, 0.6) is 5.75 Å². The summed E-state index contributed by atoms with van der Waals surface area (Å²) in [7, 11) is -2.31. The second-order valence-electron chi connectivity index (χ2n) is 8.62. The molecule has 2 heterocycles. The van der Waals surface area contributed by atoms with E-state index >= 15 is 0 Å². The smallest absolute Gasteiger partial charge is 0.338 e. The molecule has 1 amide bonds. The first kappa shape index (κ1) is 26.4. The largest absolute Gasteiger partial charge is 0.497 e. The van der Waals surface area contributed by atoms with Gasteiger partial charge in [-0.05, 0) is 73.7 Å². The van der Waals surface area contributed by atoms with E-state index in [0.29, 0.717) is 28.3 Å². The van der Waals surface area contributed by atoms with E-state index < -0.39 is 28.5 Å². The molecular weight excluding hydrogens is 538 g/mol. The van der Waals surface area contributed by atoms with Crippen LogP contribution in [0, 0.1) is 6.92 Å². The summed E-state index contributed by atoms with van der Waals surface area (Å²) in [6, 6.07) is 19.1. The molecule has 0 saturated carbocycles.